The first-order valence-electron chi connectivity index (χ1n) is 9.98. The molecule has 0 aliphatic heterocycles. The van der Waals surface area contributed by atoms with Crippen LogP contribution in [0.2, 0.25) is 0 Å². The molecule has 0 fully saturated rings. The van der Waals surface area contributed by atoms with Crippen molar-refractivity contribution >= 4 is 16.0 Å². The topological polar surface area (TPSA) is 107 Å². The highest BCUT2D eigenvalue weighted by molar-refractivity contribution is 7.85. The van der Waals surface area contributed by atoms with Gasteiger partial charge in [-0.2, -0.15) is 8.42 Å². The number of hydrogen-bond donors (Lipinski definition) is 3. The fraction of sp³-hybridized carbons (Fsp3) is 0.842. The van der Waals surface area contributed by atoms with E-state index in [1.807, 2.05) is 0 Å². The number of amides is 1. The van der Waals surface area contributed by atoms with Crippen LogP contribution in [0.4, 0.5) is 0 Å². The van der Waals surface area contributed by atoms with Gasteiger partial charge in [0.1, 0.15) is 5.75 Å². The molecule has 0 spiro atoms. The Hall–Kier alpha value is -0.960. The van der Waals surface area contributed by atoms with E-state index in [0.717, 1.165) is 25.7 Å². The molecule has 0 saturated carbocycles. The van der Waals surface area contributed by atoms with Gasteiger partial charge >= 0.3 is 0 Å². The normalized spacial score (nSPS) is 13.4. The lowest BCUT2D eigenvalue weighted by atomic mass is 10.1. The van der Waals surface area contributed by atoms with Crippen LogP contribution < -0.4 is 5.32 Å². The number of likely N-dealkylation sites (N-methyl/N-ethyl adjacent to an activating group) is 1. The number of allylic oxidation sites excluding steroid dienone is 2. The number of unbranched alkanes of at least 4 members (excludes halogenated alkanes) is 5. The fourth-order valence-electron chi connectivity index (χ4n) is 2.77. The number of nitrogens with zero attached hydrogens (tertiary/aromatic N) is 1. The summed E-state index contributed by atoms with van der Waals surface area (Å²) >= 11 is 0. The summed E-state index contributed by atoms with van der Waals surface area (Å²) in [7, 11) is -2.41. The molecular formula is C19H38N2O5S. The van der Waals surface area contributed by atoms with Crippen LogP contribution in [0.15, 0.2) is 12.2 Å². The molecule has 1 unspecified atom stereocenters. The number of aliphatic hydroxyl groups is 1. The summed E-state index contributed by atoms with van der Waals surface area (Å²) in [4.78, 5) is 13.5. The van der Waals surface area contributed by atoms with E-state index in [1.54, 1.807) is 11.9 Å². The summed E-state index contributed by atoms with van der Waals surface area (Å²) in [6.07, 6.45) is 12.4. The number of nitrogens with one attached hydrogen (secondary N) is 1. The Morgan fingerprint density at radius 2 is 1.78 bits per heavy atom. The summed E-state index contributed by atoms with van der Waals surface area (Å²) < 4.78 is 30.0. The molecular weight excluding hydrogens is 368 g/mol. The molecule has 0 aromatic carbocycles. The van der Waals surface area contributed by atoms with Crippen molar-refractivity contribution < 1.29 is 22.9 Å². The zero-order valence-corrected chi connectivity index (χ0v) is 17.7. The van der Waals surface area contributed by atoms with E-state index < -0.39 is 22.0 Å². The van der Waals surface area contributed by atoms with Gasteiger partial charge in [-0.15, -0.1) is 0 Å². The van der Waals surface area contributed by atoms with Gasteiger partial charge in [-0.3, -0.25) is 9.35 Å². The molecule has 1 atom stereocenters. The lowest BCUT2D eigenvalue weighted by Gasteiger charge is -2.19. The third-order valence-electron chi connectivity index (χ3n) is 4.14. The van der Waals surface area contributed by atoms with Crippen molar-refractivity contribution in [2.75, 3.05) is 32.4 Å². The van der Waals surface area contributed by atoms with Crippen LogP contribution in [-0.2, 0) is 14.9 Å². The monoisotopic (exact) mass is 406 g/mol. The van der Waals surface area contributed by atoms with E-state index in [9.17, 15) is 18.3 Å². The van der Waals surface area contributed by atoms with Crippen LogP contribution in [0, 0.1) is 0 Å². The molecule has 160 valence electrons. The highest BCUT2D eigenvalue weighted by atomic mass is 32.2. The molecule has 0 aromatic heterocycles. The first-order chi connectivity index (χ1) is 12.7. The Morgan fingerprint density at radius 3 is 2.44 bits per heavy atom. The predicted molar refractivity (Wildman–Crippen MR) is 109 cm³/mol. The quantitative estimate of drug-likeness (QED) is 0.194. The van der Waals surface area contributed by atoms with Crippen molar-refractivity contribution in [2.45, 2.75) is 70.8 Å². The standard InChI is InChI=1S/C19H38N2O5S/c1-3-4-5-6-7-8-9-10-11-13-19(23)20-14-12-15-21(2)16-18(22)17-27(24,25)26/h4-5,18,22H,3,6-17H2,1-2H3,(H,20,23)(H,24,25,26)/b5-4+. The number of hydrogen-bond acceptors (Lipinski definition) is 5. The lowest BCUT2D eigenvalue weighted by Crippen LogP contribution is -2.35. The summed E-state index contributed by atoms with van der Waals surface area (Å²) in [6.45, 7) is 3.47. The van der Waals surface area contributed by atoms with E-state index in [1.165, 1.54) is 19.3 Å². The molecule has 0 aromatic rings. The third-order valence-corrected chi connectivity index (χ3v) is 4.95. The van der Waals surface area contributed by atoms with Crippen molar-refractivity contribution in [2.24, 2.45) is 0 Å². The summed E-state index contributed by atoms with van der Waals surface area (Å²) in [5.74, 6) is -0.598. The smallest absolute Gasteiger partial charge is 0.267 e. The van der Waals surface area contributed by atoms with Crippen molar-refractivity contribution in [1.29, 1.82) is 0 Å². The molecule has 0 aliphatic rings. The molecule has 0 heterocycles. The molecule has 27 heavy (non-hydrogen) atoms. The molecule has 0 aliphatic carbocycles. The Kier molecular flexibility index (Phi) is 15.5. The summed E-state index contributed by atoms with van der Waals surface area (Å²) in [5, 5.41) is 12.4. The summed E-state index contributed by atoms with van der Waals surface area (Å²) in [6, 6.07) is 0. The molecule has 7 nitrogen and oxygen atoms in total. The van der Waals surface area contributed by atoms with E-state index in [0.29, 0.717) is 25.9 Å². The highest BCUT2D eigenvalue weighted by Gasteiger charge is 2.15. The zero-order chi connectivity index (χ0) is 20.5. The van der Waals surface area contributed by atoms with Crippen LogP contribution >= 0.6 is 0 Å². The molecule has 8 heteroatoms. The van der Waals surface area contributed by atoms with Gasteiger partial charge in [-0.05, 0) is 45.7 Å². The highest BCUT2D eigenvalue weighted by Crippen LogP contribution is 2.07. The first-order valence-corrected chi connectivity index (χ1v) is 11.6. The second-order valence-corrected chi connectivity index (χ2v) is 8.55. The SMILES string of the molecule is CC/C=C/CCCCCCCC(=O)NCCCN(C)CC(O)CS(=O)(=O)O. The minimum Gasteiger partial charge on any atom is -0.391 e. The second-order valence-electron chi connectivity index (χ2n) is 7.05. The zero-order valence-electron chi connectivity index (χ0n) is 16.9. The van der Waals surface area contributed by atoms with Gasteiger partial charge in [0.25, 0.3) is 10.1 Å². The largest absolute Gasteiger partial charge is 0.391 e. The molecule has 3 N–H and O–H groups in total. The van der Waals surface area contributed by atoms with Crippen LogP contribution in [0.25, 0.3) is 0 Å². The Balaban J connectivity index is 3.54. The van der Waals surface area contributed by atoms with Crippen LogP contribution in [0.1, 0.15) is 64.7 Å². The molecule has 0 radical (unpaired) electrons. The Morgan fingerprint density at radius 1 is 1.11 bits per heavy atom. The van der Waals surface area contributed by atoms with Gasteiger partial charge in [0.15, 0.2) is 0 Å². The fourth-order valence-corrected chi connectivity index (χ4v) is 3.37. The van der Waals surface area contributed by atoms with Crippen molar-refractivity contribution in [1.82, 2.24) is 10.2 Å². The van der Waals surface area contributed by atoms with Crippen molar-refractivity contribution in [3.63, 3.8) is 0 Å². The average Bonchev–Trinajstić information content (AvgIpc) is 2.55. The Bertz CT molecular complexity index is 508. The maximum atomic E-state index is 11.8. The minimum absolute atomic E-state index is 0.0648. The van der Waals surface area contributed by atoms with Gasteiger partial charge in [0.05, 0.1) is 6.10 Å². The average molecular weight is 407 g/mol. The predicted octanol–water partition coefficient (Wildman–Crippen LogP) is 2.37. The Labute approximate surface area is 165 Å². The van der Waals surface area contributed by atoms with Gasteiger partial charge in [-0.25, -0.2) is 0 Å². The maximum absolute atomic E-state index is 11.8. The van der Waals surface area contributed by atoms with Gasteiger partial charge in [0, 0.05) is 19.5 Å². The third kappa shape index (κ3) is 19.6. The van der Waals surface area contributed by atoms with Crippen molar-refractivity contribution in [3.05, 3.63) is 12.2 Å². The first kappa shape index (κ1) is 26.0. The van der Waals surface area contributed by atoms with E-state index >= 15 is 0 Å². The molecule has 0 saturated heterocycles. The molecule has 0 rings (SSSR count). The number of aliphatic hydroxyl groups excluding tert-OH is 1. The molecule has 1 amide bonds. The molecule has 0 bridgehead atoms. The van der Waals surface area contributed by atoms with Gasteiger partial charge in [-0.1, -0.05) is 38.3 Å². The lowest BCUT2D eigenvalue weighted by molar-refractivity contribution is -0.121. The van der Waals surface area contributed by atoms with Gasteiger partial charge < -0.3 is 15.3 Å². The second kappa shape index (κ2) is 16.0. The number of rotatable bonds is 17. The van der Waals surface area contributed by atoms with Gasteiger partial charge in [0.2, 0.25) is 5.91 Å². The van der Waals surface area contributed by atoms with E-state index in [-0.39, 0.29) is 12.5 Å². The number of carbonyl (C=O) groups excluding carboxylic acids is 1. The van der Waals surface area contributed by atoms with Crippen LogP contribution in [0.5, 0.6) is 0 Å². The minimum atomic E-state index is -4.16. The number of carbonyl (C=O) groups is 1. The van der Waals surface area contributed by atoms with Crippen LogP contribution in [-0.4, -0.2) is 67.4 Å². The van der Waals surface area contributed by atoms with E-state index in [4.69, 9.17) is 4.55 Å². The van der Waals surface area contributed by atoms with Crippen molar-refractivity contribution in [3.8, 4) is 0 Å². The maximum Gasteiger partial charge on any atom is 0.267 e. The summed E-state index contributed by atoms with van der Waals surface area (Å²) in [5.41, 5.74) is 0. The van der Waals surface area contributed by atoms with Crippen LogP contribution in [0.3, 0.4) is 0 Å². The van der Waals surface area contributed by atoms with E-state index in [2.05, 4.69) is 24.4 Å².